The van der Waals surface area contributed by atoms with E-state index in [9.17, 15) is 32.3 Å². The van der Waals surface area contributed by atoms with Crippen LogP contribution in [-0.4, -0.2) is 82.1 Å². The van der Waals surface area contributed by atoms with E-state index in [4.69, 9.17) is 17.2 Å². The predicted molar refractivity (Wildman–Crippen MR) is 208 cm³/mol. The first kappa shape index (κ1) is 39.5. The Morgan fingerprint density at radius 1 is 0.911 bits per heavy atom. The van der Waals surface area contributed by atoms with E-state index in [0.29, 0.717) is 34.0 Å². The molecule has 4 amide bonds. The number of anilines is 2. The van der Waals surface area contributed by atoms with Crippen LogP contribution in [0.1, 0.15) is 32.3 Å². The Hall–Kier alpha value is -6.23. The van der Waals surface area contributed by atoms with Crippen LogP contribution < -0.4 is 38.3 Å². The summed E-state index contributed by atoms with van der Waals surface area (Å²) in [7, 11) is 0. The molecule has 17 heteroatoms. The number of halogens is 3. The number of hydrogen-bond donors (Lipinski definition) is 5. The summed E-state index contributed by atoms with van der Waals surface area (Å²) in [6.45, 7) is 4.01. The summed E-state index contributed by atoms with van der Waals surface area (Å²) in [4.78, 5) is 62.9. The number of rotatable bonds is 11. The molecule has 0 unspecified atom stereocenters. The molecule has 6 rings (SSSR count). The largest absolute Gasteiger partial charge is 0.418 e. The summed E-state index contributed by atoms with van der Waals surface area (Å²) >= 11 is 0. The summed E-state index contributed by atoms with van der Waals surface area (Å²) in [5.41, 5.74) is 17.8. The maximum absolute atomic E-state index is 14.9. The molecule has 0 saturated carbocycles. The summed E-state index contributed by atoms with van der Waals surface area (Å²) in [6.07, 6.45) is -1.11. The van der Waals surface area contributed by atoms with Gasteiger partial charge in [0.05, 0.1) is 28.3 Å². The Labute approximate surface area is 319 Å². The van der Waals surface area contributed by atoms with E-state index in [1.807, 2.05) is 12.1 Å². The van der Waals surface area contributed by atoms with Crippen molar-refractivity contribution < 1.29 is 27.6 Å². The summed E-state index contributed by atoms with van der Waals surface area (Å²) < 4.78 is 46.0. The maximum atomic E-state index is 14.9. The number of nitrogens with one attached hydrogen (secondary N) is 2. The highest BCUT2D eigenvalue weighted by Crippen LogP contribution is 2.39. The van der Waals surface area contributed by atoms with Gasteiger partial charge in [-0.3, -0.25) is 23.9 Å². The van der Waals surface area contributed by atoms with Crippen LogP contribution in [-0.2, 0) is 15.8 Å². The molecule has 294 valence electrons. The van der Waals surface area contributed by atoms with Crippen molar-refractivity contribution in [3.63, 3.8) is 0 Å². The second-order valence-corrected chi connectivity index (χ2v) is 14.0. The zero-order valence-corrected chi connectivity index (χ0v) is 30.8. The van der Waals surface area contributed by atoms with Gasteiger partial charge in [0.25, 0.3) is 5.56 Å². The van der Waals surface area contributed by atoms with Crippen LogP contribution in [0.2, 0.25) is 0 Å². The molecular weight excluding hydrogens is 729 g/mol. The van der Waals surface area contributed by atoms with Crippen LogP contribution in [0.5, 0.6) is 0 Å². The fourth-order valence-corrected chi connectivity index (χ4v) is 6.82. The maximum Gasteiger partial charge on any atom is 0.418 e. The minimum Gasteiger partial charge on any atom is -0.384 e. The second-order valence-electron chi connectivity index (χ2n) is 14.0. The van der Waals surface area contributed by atoms with Crippen LogP contribution in [0.25, 0.3) is 38.6 Å². The van der Waals surface area contributed by atoms with Gasteiger partial charge in [0.15, 0.2) is 0 Å². The highest BCUT2D eigenvalue weighted by Gasteiger charge is 2.37. The number of pyridine rings is 3. The van der Waals surface area contributed by atoms with Gasteiger partial charge in [-0.2, -0.15) is 13.2 Å². The number of alkyl halides is 3. The zero-order chi connectivity index (χ0) is 40.3. The van der Waals surface area contributed by atoms with Gasteiger partial charge in [-0.15, -0.1) is 0 Å². The lowest BCUT2D eigenvalue weighted by Crippen LogP contribution is -2.57. The molecule has 2 atom stereocenters. The molecule has 0 bridgehead atoms. The molecule has 1 saturated heterocycles. The van der Waals surface area contributed by atoms with Gasteiger partial charge in [0.1, 0.15) is 11.9 Å². The van der Waals surface area contributed by atoms with Gasteiger partial charge in [-0.1, -0.05) is 19.9 Å². The molecule has 8 N–H and O–H groups in total. The summed E-state index contributed by atoms with van der Waals surface area (Å²) in [5.74, 6) is -0.766. The van der Waals surface area contributed by atoms with Crippen molar-refractivity contribution in [2.75, 3.05) is 43.4 Å². The quantitative estimate of drug-likeness (QED) is 0.0977. The predicted octanol–water partition coefficient (Wildman–Crippen LogP) is 3.77. The van der Waals surface area contributed by atoms with Crippen molar-refractivity contribution in [2.45, 2.75) is 44.9 Å². The van der Waals surface area contributed by atoms with Gasteiger partial charge in [-0.25, -0.2) is 9.78 Å². The summed E-state index contributed by atoms with van der Waals surface area (Å²) in [5, 5.41) is 6.27. The smallest absolute Gasteiger partial charge is 0.384 e. The molecule has 1 fully saturated rings. The number of aromatic nitrogens is 3. The number of hydrogen-bond acceptors (Lipinski definition) is 9. The number of nitrogen functional groups attached to an aromatic ring is 1. The first-order chi connectivity index (χ1) is 26.6. The lowest BCUT2D eigenvalue weighted by molar-refractivity contribution is -0.138. The lowest BCUT2D eigenvalue weighted by Gasteiger charge is -2.38. The molecule has 3 aromatic heterocycles. The number of carbonyl (C=O) groups is 3. The van der Waals surface area contributed by atoms with Crippen molar-refractivity contribution in [1.29, 1.82) is 0 Å². The van der Waals surface area contributed by atoms with Crippen LogP contribution in [0.15, 0.2) is 77.9 Å². The van der Waals surface area contributed by atoms with E-state index in [2.05, 4.69) is 20.6 Å². The van der Waals surface area contributed by atoms with E-state index in [1.165, 1.54) is 27.7 Å². The highest BCUT2D eigenvalue weighted by molar-refractivity contribution is 6.05. The second kappa shape index (κ2) is 16.2. The van der Waals surface area contributed by atoms with Crippen molar-refractivity contribution in [3.8, 4) is 16.8 Å². The van der Waals surface area contributed by atoms with Gasteiger partial charge in [0, 0.05) is 73.2 Å². The third-order valence-corrected chi connectivity index (χ3v) is 9.92. The monoisotopic (exact) mass is 772 g/mol. The number of benzene rings is 2. The lowest BCUT2D eigenvalue weighted by atomic mass is 10.0. The molecule has 0 spiro atoms. The zero-order valence-electron chi connectivity index (χ0n) is 30.8. The molecule has 0 aliphatic carbocycles. The van der Waals surface area contributed by atoms with Crippen LogP contribution in [0.3, 0.4) is 0 Å². The molecule has 5 aromatic rings. The molecule has 2 aromatic carbocycles. The Bertz CT molecular complexity index is 2320. The first-order valence-corrected chi connectivity index (χ1v) is 18.1. The van der Waals surface area contributed by atoms with Crippen molar-refractivity contribution in [1.82, 2.24) is 30.1 Å². The highest BCUT2D eigenvalue weighted by atomic mass is 19.4. The third kappa shape index (κ3) is 8.52. The molecule has 4 heterocycles. The average Bonchev–Trinajstić information content (AvgIpc) is 3.17. The number of primary amides is 1. The number of fused-ring (bicyclic) bond motifs is 3. The average molecular weight is 773 g/mol. The fraction of sp³-hybridized carbons (Fsp3) is 0.333. The van der Waals surface area contributed by atoms with Crippen molar-refractivity contribution in [3.05, 3.63) is 89.0 Å². The van der Waals surface area contributed by atoms with E-state index in [-0.39, 0.29) is 56.4 Å². The number of nitrogens with zero attached hydrogens (tertiary/aromatic N) is 5. The van der Waals surface area contributed by atoms with E-state index in [1.54, 1.807) is 55.4 Å². The van der Waals surface area contributed by atoms with Gasteiger partial charge >= 0.3 is 12.2 Å². The SMILES string of the molecule is CC(C)[C@H](N)C(=O)N[C@@H](CCCNC(N)=O)C(=O)N1CCN(c2ccc(-n3c(=O)ccc4cnc5ccc(-c6ccc(N)nc6)cc5c43)cc2C(F)(F)F)CC1. The van der Waals surface area contributed by atoms with Gasteiger partial charge < -0.3 is 37.6 Å². The summed E-state index contributed by atoms with van der Waals surface area (Å²) in [6, 6.07) is 13.0. The Kier molecular flexibility index (Phi) is 11.4. The molecule has 56 heavy (non-hydrogen) atoms. The van der Waals surface area contributed by atoms with Crippen LogP contribution >= 0.6 is 0 Å². The fourth-order valence-electron chi connectivity index (χ4n) is 6.82. The number of carbonyl (C=O) groups excluding carboxylic acids is 3. The first-order valence-electron chi connectivity index (χ1n) is 18.1. The molecule has 0 radical (unpaired) electrons. The Balaban J connectivity index is 1.29. The molecule has 14 nitrogen and oxygen atoms in total. The van der Waals surface area contributed by atoms with Gasteiger partial charge in [-0.05, 0) is 72.9 Å². The Morgan fingerprint density at radius 2 is 1.64 bits per heavy atom. The normalized spacial score (nSPS) is 14.6. The van der Waals surface area contributed by atoms with Gasteiger partial charge in [0.2, 0.25) is 11.8 Å². The number of amides is 4. The third-order valence-electron chi connectivity index (χ3n) is 9.92. The minimum atomic E-state index is -4.80. The van der Waals surface area contributed by atoms with E-state index in [0.717, 1.165) is 17.2 Å². The van der Waals surface area contributed by atoms with Crippen LogP contribution in [0.4, 0.5) is 29.5 Å². The molecule has 1 aliphatic rings. The minimum absolute atomic E-state index is 0.0153. The van der Waals surface area contributed by atoms with Crippen molar-refractivity contribution in [2.24, 2.45) is 17.4 Å². The topological polar surface area (TPSA) is 208 Å². The van der Waals surface area contributed by atoms with E-state index >= 15 is 0 Å². The molecular formula is C39H43F3N10O4. The standard InChI is InChI=1S/C39H43F3N10O4/c1-22(2)34(44)36(54)49-30(4-3-13-46-38(45)56)37(55)51-16-14-50(15-17-51)31-10-8-26(19-28(31)39(40,41)42)52-33(53)12-7-25-21-47-29-9-5-23(18-27(29)35(25)52)24-6-11-32(43)48-20-24/h5-12,18-22,30,34H,3-4,13-17,44H2,1-2H3,(H2,43,48)(H,49,54)(H3,45,46,56)/t30-,34-/m0/s1. The van der Waals surface area contributed by atoms with Crippen molar-refractivity contribution >= 4 is 51.2 Å². The Morgan fingerprint density at radius 3 is 2.30 bits per heavy atom. The van der Waals surface area contributed by atoms with E-state index < -0.39 is 47.2 Å². The number of urea groups is 1. The number of piperazine rings is 1. The molecule has 1 aliphatic heterocycles. The van der Waals surface area contributed by atoms with Crippen LogP contribution in [0, 0.1) is 5.92 Å². The number of nitrogens with two attached hydrogens (primary N) is 3.